The van der Waals surface area contributed by atoms with Gasteiger partial charge in [0.1, 0.15) is 0 Å². The van der Waals surface area contributed by atoms with Crippen molar-refractivity contribution in [3.8, 4) is 0 Å². The molecule has 3 N–H and O–H groups in total. The number of benzene rings is 1. The van der Waals surface area contributed by atoms with E-state index in [9.17, 15) is 9.36 Å². The average Bonchev–Trinajstić information content (AvgIpc) is 2.28. The zero-order chi connectivity index (χ0) is 13.8. The van der Waals surface area contributed by atoms with Crippen LogP contribution in [0, 0.1) is 5.92 Å². The molecule has 4 nitrogen and oxygen atoms in total. The molecule has 0 saturated carbocycles. The topological polar surface area (TPSA) is 72.2 Å². The number of rotatable bonds is 5. The molecule has 1 aromatic carbocycles. The van der Waals surface area contributed by atoms with Gasteiger partial charge in [-0.25, -0.2) is 0 Å². The molecule has 0 heterocycles. The molecule has 1 amide bonds. The van der Waals surface area contributed by atoms with Gasteiger partial charge in [0.2, 0.25) is 5.91 Å². The number of nitrogens with two attached hydrogens (primary N) is 1. The molecule has 18 heavy (non-hydrogen) atoms. The summed E-state index contributed by atoms with van der Waals surface area (Å²) in [7, 11) is -2.88. The van der Waals surface area contributed by atoms with Gasteiger partial charge in [-0.15, -0.1) is 0 Å². The highest BCUT2D eigenvalue weighted by atomic mass is 31.2. The molecule has 2 atom stereocenters. The molecule has 5 heteroatoms. The first-order chi connectivity index (χ1) is 8.33. The van der Waals surface area contributed by atoms with Crippen LogP contribution in [0.5, 0.6) is 0 Å². The molecule has 0 aliphatic rings. The largest absolute Gasteiger partial charge is 0.320 e. The van der Waals surface area contributed by atoms with Gasteiger partial charge in [0.15, 0.2) is 7.29 Å². The summed E-state index contributed by atoms with van der Waals surface area (Å²) in [5, 5.41) is 3.20. The summed E-state index contributed by atoms with van der Waals surface area (Å²) in [6.45, 7) is 5.54. The molecule has 0 radical (unpaired) electrons. The van der Waals surface area contributed by atoms with Gasteiger partial charge in [-0.05, 0) is 24.5 Å². The fourth-order valence-electron chi connectivity index (χ4n) is 1.69. The van der Waals surface area contributed by atoms with Crippen LogP contribution in [0.1, 0.15) is 20.3 Å². The van der Waals surface area contributed by atoms with Gasteiger partial charge >= 0.3 is 0 Å². The summed E-state index contributed by atoms with van der Waals surface area (Å²) in [6, 6.07) is 8.32. The summed E-state index contributed by atoms with van der Waals surface area (Å²) >= 11 is 0. The summed E-state index contributed by atoms with van der Waals surface area (Å²) in [4.78, 5) is 11.9. The van der Waals surface area contributed by atoms with Crippen molar-refractivity contribution in [3.05, 3.63) is 30.3 Å². The first-order valence-electron chi connectivity index (χ1n) is 6.04. The third-order valence-corrected chi connectivity index (χ3v) is 4.57. The Morgan fingerprint density at radius 2 is 1.89 bits per heavy atom. The number of amides is 1. The molecule has 0 saturated heterocycles. The Morgan fingerprint density at radius 1 is 1.33 bits per heavy atom. The fraction of sp³-hybridized carbons (Fsp3) is 0.462. The monoisotopic (exact) mass is 268 g/mol. The average molecular weight is 268 g/mol. The van der Waals surface area contributed by atoms with Gasteiger partial charge < -0.3 is 10.8 Å². The van der Waals surface area contributed by atoms with Gasteiger partial charge in [-0.2, -0.15) is 0 Å². The quantitative estimate of drug-likeness (QED) is 0.798. The second-order valence-electron chi connectivity index (χ2n) is 4.97. The van der Waals surface area contributed by atoms with E-state index in [4.69, 9.17) is 5.73 Å². The number of hydrogen-bond donors (Lipinski definition) is 2. The standard InChI is InChI=1S/C13H21N2O2P/c1-10(2)9-12(14)13(16)15-18(3,17)11-7-5-4-6-8-11/h4-8,10,12H,9,14H2,1-3H3,(H,15,16,17)/t12?,18-/m0/s1. The molecule has 1 unspecified atom stereocenters. The Labute approximate surface area is 108 Å². The second kappa shape index (κ2) is 6.17. The molecular formula is C13H21N2O2P. The molecule has 0 fully saturated rings. The third kappa shape index (κ3) is 4.28. The first-order valence-corrected chi connectivity index (χ1v) is 8.19. The molecule has 0 aromatic heterocycles. The van der Waals surface area contributed by atoms with E-state index in [-0.39, 0.29) is 5.91 Å². The van der Waals surface area contributed by atoms with Crippen LogP contribution in [-0.2, 0) is 9.36 Å². The Morgan fingerprint density at radius 3 is 2.39 bits per heavy atom. The highest BCUT2D eigenvalue weighted by Gasteiger charge is 2.24. The molecule has 1 aromatic rings. The van der Waals surface area contributed by atoms with Crippen LogP contribution in [0.25, 0.3) is 0 Å². The lowest BCUT2D eigenvalue weighted by molar-refractivity contribution is -0.120. The van der Waals surface area contributed by atoms with Crippen molar-refractivity contribution in [1.82, 2.24) is 5.09 Å². The zero-order valence-corrected chi connectivity index (χ0v) is 12.0. The van der Waals surface area contributed by atoms with Crippen molar-refractivity contribution in [2.24, 2.45) is 11.7 Å². The first kappa shape index (κ1) is 14.9. The maximum absolute atomic E-state index is 12.4. The number of carbonyl (C=O) groups is 1. The molecule has 0 aliphatic carbocycles. The summed E-state index contributed by atoms with van der Waals surface area (Å²) in [5.74, 6) is -0.0166. The van der Waals surface area contributed by atoms with Crippen molar-refractivity contribution in [3.63, 3.8) is 0 Å². The zero-order valence-electron chi connectivity index (χ0n) is 11.1. The maximum Gasteiger partial charge on any atom is 0.242 e. The molecule has 0 bridgehead atoms. The van der Waals surface area contributed by atoms with Crippen LogP contribution in [-0.4, -0.2) is 18.6 Å². The number of hydrogen-bond acceptors (Lipinski definition) is 3. The van der Waals surface area contributed by atoms with Crippen molar-refractivity contribution in [2.45, 2.75) is 26.3 Å². The Balaban J connectivity index is 2.72. The minimum atomic E-state index is -2.88. The van der Waals surface area contributed by atoms with Crippen molar-refractivity contribution < 1.29 is 9.36 Å². The van der Waals surface area contributed by atoms with Crippen LogP contribution < -0.4 is 16.1 Å². The lowest BCUT2D eigenvalue weighted by Gasteiger charge is -2.19. The van der Waals surface area contributed by atoms with Gasteiger partial charge in [0.25, 0.3) is 0 Å². The van der Waals surface area contributed by atoms with E-state index in [1.165, 1.54) is 0 Å². The van der Waals surface area contributed by atoms with Crippen molar-refractivity contribution in [2.75, 3.05) is 6.66 Å². The highest BCUT2D eigenvalue weighted by molar-refractivity contribution is 7.69. The summed E-state index contributed by atoms with van der Waals surface area (Å²) < 4.78 is 12.4. The number of nitrogens with one attached hydrogen (secondary N) is 1. The smallest absolute Gasteiger partial charge is 0.242 e. The van der Waals surface area contributed by atoms with Crippen molar-refractivity contribution >= 4 is 18.5 Å². The fourth-order valence-corrected chi connectivity index (χ4v) is 3.14. The highest BCUT2D eigenvalue weighted by Crippen LogP contribution is 2.34. The van der Waals surface area contributed by atoms with Gasteiger partial charge in [0.05, 0.1) is 6.04 Å². The normalized spacial score (nSPS) is 16.1. The van der Waals surface area contributed by atoms with Crippen LogP contribution >= 0.6 is 7.29 Å². The van der Waals surface area contributed by atoms with E-state index in [0.717, 1.165) is 0 Å². The van der Waals surface area contributed by atoms with Gasteiger partial charge in [-0.1, -0.05) is 32.0 Å². The van der Waals surface area contributed by atoms with Crippen LogP contribution in [0.2, 0.25) is 0 Å². The van der Waals surface area contributed by atoms with Crippen LogP contribution in [0.15, 0.2) is 30.3 Å². The van der Waals surface area contributed by atoms with E-state index in [1.807, 2.05) is 19.9 Å². The van der Waals surface area contributed by atoms with E-state index in [0.29, 0.717) is 17.6 Å². The van der Waals surface area contributed by atoms with E-state index in [1.54, 1.807) is 30.9 Å². The maximum atomic E-state index is 12.4. The van der Waals surface area contributed by atoms with E-state index in [2.05, 4.69) is 5.09 Å². The third-order valence-electron chi connectivity index (χ3n) is 2.63. The van der Waals surface area contributed by atoms with Crippen LogP contribution in [0.3, 0.4) is 0 Å². The lowest BCUT2D eigenvalue weighted by atomic mass is 10.0. The lowest BCUT2D eigenvalue weighted by Crippen LogP contribution is -2.41. The van der Waals surface area contributed by atoms with Gasteiger partial charge in [0, 0.05) is 12.0 Å². The Bertz CT molecular complexity index is 446. The predicted molar refractivity (Wildman–Crippen MR) is 75.2 cm³/mol. The molecule has 0 aliphatic heterocycles. The Hall–Kier alpha value is -1.12. The second-order valence-corrected chi connectivity index (χ2v) is 7.56. The predicted octanol–water partition coefficient (Wildman–Crippen LogP) is 1.71. The molecule has 100 valence electrons. The van der Waals surface area contributed by atoms with Crippen LogP contribution in [0.4, 0.5) is 0 Å². The summed E-state index contributed by atoms with van der Waals surface area (Å²) in [6.07, 6.45) is 0.584. The molecule has 0 spiro atoms. The number of carbonyl (C=O) groups excluding carboxylic acids is 1. The van der Waals surface area contributed by atoms with Gasteiger partial charge in [-0.3, -0.25) is 9.36 Å². The van der Waals surface area contributed by atoms with E-state index >= 15 is 0 Å². The van der Waals surface area contributed by atoms with E-state index < -0.39 is 13.3 Å². The summed E-state index contributed by atoms with van der Waals surface area (Å²) in [5.41, 5.74) is 5.77. The molecular weight excluding hydrogens is 247 g/mol. The minimum absolute atomic E-state index is 0.332. The Kier molecular flexibility index (Phi) is 5.12. The SMILES string of the molecule is CC(C)CC(N)C(=O)N[P@@](C)(=O)c1ccccc1. The minimum Gasteiger partial charge on any atom is -0.320 e. The van der Waals surface area contributed by atoms with Crippen molar-refractivity contribution in [1.29, 1.82) is 0 Å². The molecule has 1 rings (SSSR count).